The number of carboxylic acids is 1. The molecule has 1 aromatic carbocycles. The van der Waals surface area contributed by atoms with E-state index in [1.165, 1.54) is 0 Å². The number of hydrogen-bond donors (Lipinski definition) is 1. The van der Waals surface area contributed by atoms with Crippen molar-refractivity contribution in [2.45, 2.75) is 26.3 Å². The molecule has 0 saturated heterocycles. The lowest BCUT2D eigenvalue weighted by atomic mass is 10.1. The van der Waals surface area contributed by atoms with E-state index in [4.69, 9.17) is 9.84 Å². The van der Waals surface area contributed by atoms with E-state index in [1.807, 2.05) is 31.2 Å². The molecule has 4 nitrogen and oxygen atoms in total. The van der Waals surface area contributed by atoms with Crippen LogP contribution < -0.4 is 4.74 Å². The summed E-state index contributed by atoms with van der Waals surface area (Å²) in [7, 11) is 1.65. The smallest absolute Gasteiger partial charge is 0.303 e. The summed E-state index contributed by atoms with van der Waals surface area (Å²) in [5.74, 6) is 0.0789. The monoisotopic (exact) mass is 273 g/mol. The lowest BCUT2D eigenvalue weighted by molar-refractivity contribution is -0.137. The maximum atomic E-state index is 10.6. The van der Waals surface area contributed by atoms with E-state index in [0.29, 0.717) is 13.0 Å². The Labute approximate surface area is 118 Å². The minimum absolute atomic E-state index is 0.194. The zero-order valence-electron chi connectivity index (χ0n) is 11.8. The first kappa shape index (κ1) is 14.2. The molecule has 0 aliphatic carbocycles. The predicted octanol–water partition coefficient (Wildman–Crippen LogP) is 3.34. The fourth-order valence-electron chi connectivity index (χ4n) is 2.27. The zero-order chi connectivity index (χ0) is 14.5. The molecule has 20 heavy (non-hydrogen) atoms. The molecule has 1 heterocycles. The number of aryl methyl sites for hydroxylation is 1. The highest BCUT2D eigenvalue weighted by atomic mass is 16.5. The SMILES string of the molecule is COc1ccc(-c2ccc(C)n2CCCC(=O)O)cc1. The lowest BCUT2D eigenvalue weighted by Gasteiger charge is -2.11. The maximum absolute atomic E-state index is 10.6. The van der Waals surface area contributed by atoms with Crippen molar-refractivity contribution in [3.8, 4) is 17.0 Å². The van der Waals surface area contributed by atoms with Gasteiger partial charge < -0.3 is 14.4 Å². The van der Waals surface area contributed by atoms with E-state index in [9.17, 15) is 4.79 Å². The minimum atomic E-state index is -0.749. The molecular weight excluding hydrogens is 254 g/mol. The molecule has 0 atom stereocenters. The third-order valence-electron chi connectivity index (χ3n) is 3.36. The number of rotatable bonds is 6. The molecule has 1 N–H and O–H groups in total. The Morgan fingerprint density at radius 3 is 2.50 bits per heavy atom. The number of ether oxygens (including phenoxy) is 1. The van der Waals surface area contributed by atoms with Crippen LogP contribution in [0.4, 0.5) is 0 Å². The number of hydrogen-bond acceptors (Lipinski definition) is 2. The van der Waals surface area contributed by atoms with Crippen molar-refractivity contribution >= 4 is 5.97 Å². The largest absolute Gasteiger partial charge is 0.497 e. The first-order chi connectivity index (χ1) is 9.61. The number of nitrogens with zero attached hydrogens (tertiary/aromatic N) is 1. The van der Waals surface area contributed by atoms with E-state index in [1.54, 1.807) is 7.11 Å². The van der Waals surface area contributed by atoms with Crippen LogP contribution in [0, 0.1) is 6.92 Å². The van der Waals surface area contributed by atoms with Crippen molar-refractivity contribution in [3.05, 3.63) is 42.1 Å². The Morgan fingerprint density at radius 1 is 1.20 bits per heavy atom. The molecule has 0 radical (unpaired) electrons. The van der Waals surface area contributed by atoms with Gasteiger partial charge in [0.1, 0.15) is 5.75 Å². The Hall–Kier alpha value is -2.23. The average molecular weight is 273 g/mol. The Morgan fingerprint density at radius 2 is 1.90 bits per heavy atom. The van der Waals surface area contributed by atoms with E-state index in [-0.39, 0.29) is 6.42 Å². The normalized spacial score (nSPS) is 10.5. The first-order valence-electron chi connectivity index (χ1n) is 6.64. The van der Waals surface area contributed by atoms with Crippen LogP contribution in [0.1, 0.15) is 18.5 Å². The van der Waals surface area contributed by atoms with Crippen LogP contribution in [0.2, 0.25) is 0 Å². The van der Waals surface area contributed by atoms with Crippen LogP contribution in [0.5, 0.6) is 5.75 Å². The van der Waals surface area contributed by atoms with Crippen molar-refractivity contribution in [1.82, 2.24) is 4.57 Å². The van der Waals surface area contributed by atoms with Gasteiger partial charge in [0.15, 0.2) is 0 Å². The molecule has 0 aliphatic heterocycles. The molecule has 0 unspecified atom stereocenters. The van der Waals surface area contributed by atoms with Gasteiger partial charge in [0, 0.05) is 24.4 Å². The summed E-state index contributed by atoms with van der Waals surface area (Å²) in [5, 5.41) is 8.73. The molecule has 0 saturated carbocycles. The standard InChI is InChI=1S/C16H19NO3/c1-12-5-10-15(17(12)11-3-4-16(18)19)13-6-8-14(20-2)9-7-13/h5-10H,3-4,11H2,1-2H3,(H,18,19). The summed E-state index contributed by atoms with van der Waals surface area (Å²) < 4.78 is 7.32. The summed E-state index contributed by atoms with van der Waals surface area (Å²) in [4.78, 5) is 10.6. The molecular formula is C16H19NO3. The highest BCUT2D eigenvalue weighted by molar-refractivity contribution is 5.66. The Bertz CT molecular complexity index is 584. The first-order valence-corrected chi connectivity index (χ1v) is 6.64. The van der Waals surface area contributed by atoms with Crippen molar-refractivity contribution < 1.29 is 14.6 Å². The molecule has 0 aliphatic rings. The summed E-state index contributed by atoms with van der Waals surface area (Å²) in [6.07, 6.45) is 0.827. The van der Waals surface area contributed by atoms with E-state index in [2.05, 4.69) is 16.7 Å². The fraction of sp³-hybridized carbons (Fsp3) is 0.312. The molecule has 1 aromatic heterocycles. The van der Waals surface area contributed by atoms with Gasteiger partial charge in [0.25, 0.3) is 0 Å². The van der Waals surface area contributed by atoms with Gasteiger partial charge in [0.05, 0.1) is 7.11 Å². The second kappa shape index (κ2) is 6.28. The number of aliphatic carboxylic acids is 1. The second-order valence-corrected chi connectivity index (χ2v) is 4.74. The molecule has 0 bridgehead atoms. The molecule has 2 rings (SSSR count). The quantitative estimate of drug-likeness (QED) is 0.878. The van der Waals surface area contributed by atoms with Gasteiger partial charge in [-0.1, -0.05) is 0 Å². The van der Waals surface area contributed by atoms with Gasteiger partial charge in [-0.3, -0.25) is 4.79 Å². The topological polar surface area (TPSA) is 51.5 Å². The van der Waals surface area contributed by atoms with Crippen molar-refractivity contribution in [3.63, 3.8) is 0 Å². The van der Waals surface area contributed by atoms with E-state index >= 15 is 0 Å². The van der Waals surface area contributed by atoms with E-state index < -0.39 is 5.97 Å². The fourth-order valence-corrected chi connectivity index (χ4v) is 2.27. The molecule has 106 valence electrons. The molecule has 0 fully saturated rings. The van der Waals surface area contributed by atoms with Crippen molar-refractivity contribution in [1.29, 1.82) is 0 Å². The van der Waals surface area contributed by atoms with Gasteiger partial charge in [-0.15, -0.1) is 0 Å². The van der Waals surface area contributed by atoms with Gasteiger partial charge in [0.2, 0.25) is 0 Å². The Kier molecular flexibility index (Phi) is 4.45. The van der Waals surface area contributed by atoms with Crippen molar-refractivity contribution in [2.75, 3.05) is 7.11 Å². The van der Waals surface area contributed by atoms with Crippen LogP contribution >= 0.6 is 0 Å². The van der Waals surface area contributed by atoms with Crippen LogP contribution in [0.3, 0.4) is 0 Å². The Balaban J connectivity index is 2.20. The number of carboxylic acid groups (broad SMARTS) is 1. The summed E-state index contributed by atoms with van der Waals surface area (Å²) >= 11 is 0. The zero-order valence-corrected chi connectivity index (χ0v) is 11.8. The summed E-state index contributed by atoms with van der Waals surface area (Å²) in [6, 6.07) is 12.0. The molecule has 4 heteroatoms. The van der Waals surface area contributed by atoms with Crippen LogP contribution in [0.15, 0.2) is 36.4 Å². The molecule has 2 aromatic rings. The number of aromatic nitrogens is 1. The number of benzene rings is 1. The average Bonchev–Trinajstić information content (AvgIpc) is 2.80. The number of carbonyl (C=O) groups is 1. The van der Waals surface area contributed by atoms with Crippen LogP contribution in [-0.2, 0) is 11.3 Å². The van der Waals surface area contributed by atoms with Crippen LogP contribution in [0.25, 0.3) is 11.3 Å². The predicted molar refractivity (Wildman–Crippen MR) is 78.0 cm³/mol. The third-order valence-corrected chi connectivity index (χ3v) is 3.36. The highest BCUT2D eigenvalue weighted by Crippen LogP contribution is 2.25. The minimum Gasteiger partial charge on any atom is -0.497 e. The molecule has 0 amide bonds. The number of methoxy groups -OCH3 is 1. The molecule has 0 spiro atoms. The van der Waals surface area contributed by atoms with E-state index in [0.717, 1.165) is 22.7 Å². The van der Waals surface area contributed by atoms with Gasteiger partial charge >= 0.3 is 5.97 Å². The van der Waals surface area contributed by atoms with Gasteiger partial charge in [-0.25, -0.2) is 0 Å². The van der Waals surface area contributed by atoms with Gasteiger partial charge in [-0.2, -0.15) is 0 Å². The highest BCUT2D eigenvalue weighted by Gasteiger charge is 2.08. The lowest BCUT2D eigenvalue weighted by Crippen LogP contribution is -2.05. The van der Waals surface area contributed by atoms with Gasteiger partial charge in [-0.05, 0) is 55.3 Å². The van der Waals surface area contributed by atoms with Crippen molar-refractivity contribution in [2.24, 2.45) is 0 Å². The third kappa shape index (κ3) is 3.20. The van der Waals surface area contributed by atoms with Crippen LogP contribution in [-0.4, -0.2) is 22.8 Å². The summed E-state index contributed by atoms with van der Waals surface area (Å²) in [5.41, 5.74) is 3.35. The summed E-state index contributed by atoms with van der Waals surface area (Å²) in [6.45, 7) is 2.75. The second-order valence-electron chi connectivity index (χ2n) is 4.74. The maximum Gasteiger partial charge on any atom is 0.303 e.